The molecule has 8 heteroatoms. The predicted octanol–water partition coefficient (Wildman–Crippen LogP) is 5.76. The molecule has 0 aliphatic heterocycles. The fourth-order valence-electron chi connectivity index (χ4n) is 3.77. The number of nitrogens with zero attached hydrogens (tertiary/aromatic N) is 2. The summed E-state index contributed by atoms with van der Waals surface area (Å²) in [7, 11) is 1.60. The van der Waals surface area contributed by atoms with Crippen molar-refractivity contribution < 1.29 is 9.53 Å². The maximum atomic E-state index is 13.7. The van der Waals surface area contributed by atoms with E-state index in [1.807, 2.05) is 38.1 Å². The molecule has 2 aromatic carbocycles. The van der Waals surface area contributed by atoms with Gasteiger partial charge in [0, 0.05) is 10.6 Å². The van der Waals surface area contributed by atoms with E-state index < -0.39 is 0 Å². The molecule has 2 aromatic heterocycles. The molecule has 4 rings (SSSR count). The Bertz CT molecular complexity index is 1390. The first-order chi connectivity index (χ1) is 16.4. The van der Waals surface area contributed by atoms with Crippen molar-refractivity contribution in [3.8, 4) is 11.4 Å². The maximum absolute atomic E-state index is 13.7. The van der Waals surface area contributed by atoms with Crippen LogP contribution in [-0.2, 0) is 11.2 Å². The minimum Gasteiger partial charge on any atom is -0.497 e. The second-order valence-electron chi connectivity index (χ2n) is 8.02. The van der Waals surface area contributed by atoms with Gasteiger partial charge in [-0.25, -0.2) is 4.98 Å². The van der Waals surface area contributed by atoms with Crippen LogP contribution in [-0.4, -0.2) is 28.3 Å². The number of methoxy groups -OCH3 is 1. The van der Waals surface area contributed by atoms with Crippen LogP contribution < -0.4 is 15.6 Å². The monoisotopic (exact) mass is 493 g/mol. The number of hydrogen-bond donors (Lipinski definition) is 1. The molecule has 0 saturated heterocycles. The highest BCUT2D eigenvalue weighted by molar-refractivity contribution is 7.99. The fraction of sp³-hybridized carbons (Fsp3) is 0.269. The molecular weight excluding hydrogens is 466 g/mol. The Morgan fingerprint density at radius 3 is 2.62 bits per heavy atom. The number of nitrogens with one attached hydrogen (secondary N) is 1. The molecule has 0 aliphatic rings. The normalized spacial score (nSPS) is 11.1. The molecule has 0 fully saturated rings. The molecule has 0 radical (unpaired) electrons. The van der Waals surface area contributed by atoms with Crippen LogP contribution in [0.4, 0.5) is 5.69 Å². The number of fused-ring (bicyclic) bond motifs is 1. The Hall–Kier alpha value is -3.10. The van der Waals surface area contributed by atoms with Crippen molar-refractivity contribution in [1.82, 2.24) is 9.55 Å². The van der Waals surface area contributed by atoms with Gasteiger partial charge < -0.3 is 10.1 Å². The van der Waals surface area contributed by atoms with Gasteiger partial charge in [0.2, 0.25) is 5.91 Å². The Morgan fingerprint density at radius 1 is 1.18 bits per heavy atom. The zero-order chi connectivity index (χ0) is 24.2. The number of hydrogen-bond acceptors (Lipinski definition) is 6. The molecule has 4 aromatic rings. The lowest BCUT2D eigenvalue weighted by Crippen LogP contribution is -2.23. The average Bonchev–Trinajstić information content (AvgIpc) is 3.13. The molecule has 0 spiro atoms. The Balaban J connectivity index is 1.69. The summed E-state index contributed by atoms with van der Waals surface area (Å²) in [6.45, 7) is 6.12. The van der Waals surface area contributed by atoms with Gasteiger partial charge in [-0.3, -0.25) is 14.2 Å². The summed E-state index contributed by atoms with van der Waals surface area (Å²) in [6, 6.07) is 14.9. The van der Waals surface area contributed by atoms with Crippen molar-refractivity contribution in [2.75, 3.05) is 18.2 Å². The second-order valence-corrected chi connectivity index (χ2v) is 10.0. The minimum atomic E-state index is -0.172. The van der Waals surface area contributed by atoms with E-state index in [-0.39, 0.29) is 17.2 Å². The number of ether oxygens (including phenoxy) is 1. The Kier molecular flexibility index (Phi) is 7.38. The maximum Gasteiger partial charge on any atom is 0.267 e. The quantitative estimate of drug-likeness (QED) is 0.250. The summed E-state index contributed by atoms with van der Waals surface area (Å²) in [5, 5.41) is 4.07. The fourth-order valence-corrected chi connectivity index (χ4v) is 5.90. The zero-order valence-corrected chi connectivity index (χ0v) is 21.3. The van der Waals surface area contributed by atoms with E-state index in [0.29, 0.717) is 16.2 Å². The number of benzene rings is 2. The van der Waals surface area contributed by atoms with E-state index in [1.165, 1.54) is 16.6 Å². The topological polar surface area (TPSA) is 73.2 Å². The van der Waals surface area contributed by atoms with Crippen molar-refractivity contribution in [2.45, 2.75) is 38.8 Å². The van der Waals surface area contributed by atoms with Gasteiger partial charge >= 0.3 is 0 Å². The summed E-state index contributed by atoms with van der Waals surface area (Å²) in [5.41, 5.74) is 3.40. The van der Waals surface area contributed by atoms with Gasteiger partial charge in [0.05, 0.1) is 23.9 Å². The van der Waals surface area contributed by atoms with E-state index in [0.717, 1.165) is 40.2 Å². The van der Waals surface area contributed by atoms with E-state index in [4.69, 9.17) is 9.72 Å². The predicted molar refractivity (Wildman–Crippen MR) is 141 cm³/mol. The molecule has 0 aliphatic carbocycles. The first-order valence-corrected chi connectivity index (χ1v) is 12.9. The van der Waals surface area contributed by atoms with Crippen LogP contribution in [0.3, 0.4) is 0 Å². The van der Waals surface area contributed by atoms with Gasteiger partial charge in [0.1, 0.15) is 10.6 Å². The zero-order valence-electron chi connectivity index (χ0n) is 19.7. The van der Waals surface area contributed by atoms with E-state index in [2.05, 4.69) is 12.2 Å². The summed E-state index contributed by atoms with van der Waals surface area (Å²) in [4.78, 5) is 33.1. The molecule has 34 heavy (non-hydrogen) atoms. The highest BCUT2D eigenvalue weighted by Crippen LogP contribution is 2.31. The molecule has 0 saturated carbocycles. The molecular formula is C26H27N3O3S2. The Morgan fingerprint density at radius 2 is 1.94 bits per heavy atom. The molecule has 1 N–H and O–H groups in total. The average molecular weight is 494 g/mol. The third-order valence-corrected chi connectivity index (χ3v) is 7.66. The number of aromatic nitrogens is 2. The highest BCUT2D eigenvalue weighted by Gasteiger charge is 2.20. The van der Waals surface area contributed by atoms with E-state index in [1.54, 1.807) is 47.3 Å². The van der Waals surface area contributed by atoms with Gasteiger partial charge in [-0.15, -0.1) is 11.3 Å². The number of rotatable bonds is 8. The second kappa shape index (κ2) is 10.4. The summed E-state index contributed by atoms with van der Waals surface area (Å²) in [5.74, 6) is 0.678. The van der Waals surface area contributed by atoms with Crippen LogP contribution in [0.1, 0.15) is 29.3 Å². The molecule has 0 unspecified atom stereocenters. The third-order valence-electron chi connectivity index (χ3n) is 5.48. The molecule has 1 amide bonds. The third kappa shape index (κ3) is 5.03. The van der Waals surface area contributed by atoms with Crippen molar-refractivity contribution in [2.24, 2.45) is 0 Å². The first kappa shape index (κ1) is 24.0. The lowest BCUT2D eigenvalue weighted by molar-refractivity contribution is -0.113. The van der Waals surface area contributed by atoms with Crippen LogP contribution in [0.25, 0.3) is 15.9 Å². The Labute approximate surface area is 207 Å². The van der Waals surface area contributed by atoms with E-state index >= 15 is 0 Å². The lowest BCUT2D eigenvalue weighted by atomic mass is 10.1. The number of thioether (sulfide) groups is 1. The number of amides is 1. The van der Waals surface area contributed by atoms with Crippen molar-refractivity contribution in [3.05, 3.63) is 74.9 Å². The van der Waals surface area contributed by atoms with Crippen LogP contribution in [0.2, 0.25) is 0 Å². The molecule has 2 heterocycles. The summed E-state index contributed by atoms with van der Waals surface area (Å²) in [6.07, 6.45) is 1.93. The van der Waals surface area contributed by atoms with E-state index in [9.17, 15) is 9.59 Å². The number of thiophene rings is 1. The number of anilines is 1. The molecule has 0 bridgehead atoms. The van der Waals surface area contributed by atoms with Crippen LogP contribution >= 0.6 is 23.1 Å². The SMILES string of the molecule is CCCc1sc2nc(SCC(=O)Nc3ccc(OC)cc3)n(-c3cccc(C)c3)c(=O)c2c1C. The highest BCUT2D eigenvalue weighted by atomic mass is 32.2. The van der Waals surface area contributed by atoms with Gasteiger partial charge in [-0.2, -0.15) is 0 Å². The van der Waals surface area contributed by atoms with Gasteiger partial charge in [-0.1, -0.05) is 37.2 Å². The first-order valence-electron chi connectivity index (χ1n) is 11.1. The number of carbonyl (C=O) groups is 1. The largest absolute Gasteiger partial charge is 0.497 e. The standard InChI is InChI=1S/C26H27N3O3S2/c1-5-7-21-17(3)23-24(34-21)28-26(29(25(23)31)19-9-6-8-16(2)14-19)33-15-22(30)27-18-10-12-20(32-4)13-11-18/h6,8-14H,5,7,15H2,1-4H3,(H,27,30). The van der Waals surface area contributed by atoms with Crippen LogP contribution in [0, 0.1) is 13.8 Å². The minimum absolute atomic E-state index is 0.0928. The van der Waals surface area contributed by atoms with Gasteiger partial charge in [0.15, 0.2) is 5.16 Å². The van der Waals surface area contributed by atoms with Gasteiger partial charge in [-0.05, 0) is 67.8 Å². The van der Waals surface area contributed by atoms with Crippen molar-refractivity contribution in [3.63, 3.8) is 0 Å². The lowest BCUT2D eigenvalue weighted by Gasteiger charge is -2.13. The van der Waals surface area contributed by atoms with Crippen LogP contribution in [0.5, 0.6) is 5.75 Å². The van der Waals surface area contributed by atoms with Gasteiger partial charge in [0.25, 0.3) is 5.56 Å². The molecule has 176 valence electrons. The number of aryl methyl sites for hydroxylation is 3. The van der Waals surface area contributed by atoms with Crippen molar-refractivity contribution in [1.29, 1.82) is 0 Å². The molecule has 0 atom stereocenters. The van der Waals surface area contributed by atoms with Crippen LogP contribution in [0.15, 0.2) is 58.5 Å². The molecule has 6 nitrogen and oxygen atoms in total. The number of carbonyl (C=O) groups excluding carboxylic acids is 1. The summed E-state index contributed by atoms with van der Waals surface area (Å²) < 4.78 is 6.79. The summed E-state index contributed by atoms with van der Waals surface area (Å²) >= 11 is 2.84. The smallest absolute Gasteiger partial charge is 0.267 e. The van der Waals surface area contributed by atoms with Crippen molar-refractivity contribution >= 4 is 44.9 Å².